The van der Waals surface area contributed by atoms with Gasteiger partial charge in [0.15, 0.2) is 0 Å². The van der Waals surface area contributed by atoms with E-state index in [-0.39, 0.29) is 0 Å². The molecule has 3 aromatic rings. The van der Waals surface area contributed by atoms with E-state index in [2.05, 4.69) is 58.8 Å². The van der Waals surface area contributed by atoms with E-state index >= 15 is 0 Å². The highest BCUT2D eigenvalue weighted by molar-refractivity contribution is 5.80. The van der Waals surface area contributed by atoms with Crippen LogP contribution in [0.15, 0.2) is 60.7 Å². The molecule has 3 rings (SSSR count). The van der Waals surface area contributed by atoms with E-state index in [1.807, 2.05) is 12.1 Å². The summed E-state index contributed by atoms with van der Waals surface area (Å²) in [5, 5.41) is 4.63. The molecule has 3 heteroatoms. The van der Waals surface area contributed by atoms with Gasteiger partial charge in [-0.15, -0.1) is 0 Å². The van der Waals surface area contributed by atoms with E-state index in [9.17, 15) is 0 Å². The van der Waals surface area contributed by atoms with Crippen molar-refractivity contribution in [1.82, 2.24) is 10.3 Å². The lowest BCUT2D eigenvalue weighted by atomic mass is 10.1. The number of nitrogen functional groups attached to an aromatic ring is 1. The van der Waals surface area contributed by atoms with Gasteiger partial charge in [0.05, 0.1) is 5.52 Å². The number of nitrogens with zero attached hydrogens (tertiary/aromatic N) is 1. The number of hydrogen-bond donors (Lipinski definition) is 2. The van der Waals surface area contributed by atoms with E-state index in [0.29, 0.717) is 5.82 Å². The van der Waals surface area contributed by atoms with Crippen LogP contribution >= 0.6 is 0 Å². The van der Waals surface area contributed by atoms with Crippen molar-refractivity contribution in [2.45, 2.75) is 12.8 Å². The van der Waals surface area contributed by atoms with Gasteiger partial charge in [-0.2, -0.15) is 0 Å². The molecule has 0 atom stereocenters. The molecule has 0 saturated heterocycles. The van der Waals surface area contributed by atoms with Crippen LogP contribution in [0.5, 0.6) is 0 Å². The predicted octanol–water partition coefficient (Wildman–Crippen LogP) is 3.19. The zero-order valence-corrected chi connectivity index (χ0v) is 12.6. The maximum Gasteiger partial charge on any atom is 0.124 e. The molecule has 1 heterocycles. The minimum absolute atomic E-state index is 0.575. The van der Waals surface area contributed by atoms with Crippen LogP contribution in [-0.4, -0.2) is 18.1 Å². The highest BCUT2D eigenvalue weighted by Crippen LogP contribution is 2.15. The summed E-state index contributed by atoms with van der Waals surface area (Å²) in [7, 11) is 0. The highest BCUT2D eigenvalue weighted by atomic mass is 14.8. The van der Waals surface area contributed by atoms with Gasteiger partial charge in [0.2, 0.25) is 0 Å². The third kappa shape index (κ3) is 3.83. The molecule has 0 saturated carbocycles. The first kappa shape index (κ1) is 14.5. The van der Waals surface area contributed by atoms with Crippen molar-refractivity contribution in [2.75, 3.05) is 18.8 Å². The fourth-order valence-electron chi connectivity index (χ4n) is 2.57. The second-order valence-corrected chi connectivity index (χ2v) is 5.50. The third-order valence-corrected chi connectivity index (χ3v) is 3.80. The Morgan fingerprint density at radius 3 is 2.36 bits per heavy atom. The highest BCUT2D eigenvalue weighted by Gasteiger charge is 1.99. The monoisotopic (exact) mass is 291 g/mol. The van der Waals surface area contributed by atoms with Gasteiger partial charge in [0.1, 0.15) is 5.82 Å². The molecule has 22 heavy (non-hydrogen) atoms. The fourth-order valence-corrected chi connectivity index (χ4v) is 2.57. The summed E-state index contributed by atoms with van der Waals surface area (Å²) in [5.74, 6) is 0.575. The van der Waals surface area contributed by atoms with Gasteiger partial charge < -0.3 is 11.1 Å². The molecule has 0 aliphatic carbocycles. The number of anilines is 1. The van der Waals surface area contributed by atoms with Crippen LogP contribution in [0.25, 0.3) is 10.9 Å². The topological polar surface area (TPSA) is 50.9 Å². The van der Waals surface area contributed by atoms with E-state index < -0.39 is 0 Å². The molecule has 0 spiro atoms. The first-order chi connectivity index (χ1) is 10.8. The molecule has 2 aromatic carbocycles. The second kappa shape index (κ2) is 7.05. The number of pyridine rings is 1. The van der Waals surface area contributed by atoms with E-state index in [1.54, 1.807) is 0 Å². The minimum atomic E-state index is 0.575. The fraction of sp³-hybridized carbons (Fsp3) is 0.211. The summed E-state index contributed by atoms with van der Waals surface area (Å²) >= 11 is 0. The molecule has 0 fully saturated rings. The van der Waals surface area contributed by atoms with Gasteiger partial charge in [-0.05, 0) is 55.3 Å². The van der Waals surface area contributed by atoms with Crippen LogP contribution in [0.1, 0.15) is 11.1 Å². The molecule has 0 amide bonds. The number of benzene rings is 2. The van der Waals surface area contributed by atoms with Crippen LogP contribution in [0.4, 0.5) is 5.82 Å². The number of hydrogen-bond acceptors (Lipinski definition) is 3. The number of nitrogens with one attached hydrogen (secondary N) is 1. The van der Waals surface area contributed by atoms with E-state index in [1.165, 1.54) is 11.1 Å². The van der Waals surface area contributed by atoms with E-state index in [4.69, 9.17) is 5.73 Å². The molecule has 3 nitrogen and oxygen atoms in total. The van der Waals surface area contributed by atoms with Crippen molar-refractivity contribution >= 4 is 16.7 Å². The van der Waals surface area contributed by atoms with E-state index in [0.717, 1.165) is 36.8 Å². The summed E-state index contributed by atoms with van der Waals surface area (Å²) in [6.45, 7) is 1.98. The Kier molecular flexibility index (Phi) is 4.66. The normalized spacial score (nSPS) is 10.9. The van der Waals surface area contributed by atoms with Crippen LogP contribution in [0, 0.1) is 0 Å². The standard InChI is InChI=1S/C19H21N3/c20-19-9-8-17-7-6-16(14-18(17)22-19)11-13-21-12-10-15-4-2-1-3-5-15/h1-9,14,21H,10-13H2,(H2,20,22). The largest absolute Gasteiger partial charge is 0.384 e. The third-order valence-electron chi connectivity index (χ3n) is 3.80. The molecular formula is C19H21N3. The first-order valence-corrected chi connectivity index (χ1v) is 7.71. The van der Waals surface area contributed by atoms with Crippen molar-refractivity contribution in [1.29, 1.82) is 0 Å². The Balaban J connectivity index is 1.49. The summed E-state index contributed by atoms with van der Waals surface area (Å²) in [4.78, 5) is 4.38. The summed E-state index contributed by atoms with van der Waals surface area (Å²) in [6, 6.07) is 20.8. The molecule has 0 radical (unpaired) electrons. The molecule has 0 aliphatic heterocycles. The van der Waals surface area contributed by atoms with Gasteiger partial charge >= 0.3 is 0 Å². The van der Waals surface area contributed by atoms with Crippen molar-refractivity contribution in [3.05, 3.63) is 71.8 Å². The Labute approximate surface area is 131 Å². The van der Waals surface area contributed by atoms with Crippen molar-refractivity contribution in [3.8, 4) is 0 Å². The number of nitrogens with two attached hydrogens (primary N) is 1. The molecular weight excluding hydrogens is 270 g/mol. The average Bonchev–Trinajstić information content (AvgIpc) is 2.55. The number of aromatic nitrogens is 1. The smallest absolute Gasteiger partial charge is 0.124 e. The lowest BCUT2D eigenvalue weighted by molar-refractivity contribution is 0.682. The Hall–Kier alpha value is -2.39. The van der Waals surface area contributed by atoms with Crippen molar-refractivity contribution < 1.29 is 0 Å². The summed E-state index contributed by atoms with van der Waals surface area (Å²) in [5.41, 5.74) is 9.38. The van der Waals surface area contributed by atoms with Gasteiger partial charge in [-0.3, -0.25) is 0 Å². The zero-order chi connectivity index (χ0) is 15.2. The SMILES string of the molecule is Nc1ccc2ccc(CCNCCc3ccccc3)cc2n1. The Morgan fingerprint density at radius 1 is 0.818 bits per heavy atom. The number of rotatable bonds is 6. The summed E-state index contributed by atoms with van der Waals surface area (Å²) < 4.78 is 0. The maximum absolute atomic E-state index is 5.75. The molecule has 112 valence electrons. The lowest BCUT2D eigenvalue weighted by Gasteiger charge is -2.06. The minimum Gasteiger partial charge on any atom is -0.384 e. The van der Waals surface area contributed by atoms with Crippen LogP contribution in [-0.2, 0) is 12.8 Å². The molecule has 1 aromatic heterocycles. The van der Waals surface area contributed by atoms with Gasteiger partial charge in [0.25, 0.3) is 0 Å². The van der Waals surface area contributed by atoms with Gasteiger partial charge in [-0.1, -0.05) is 42.5 Å². The maximum atomic E-state index is 5.75. The first-order valence-electron chi connectivity index (χ1n) is 7.71. The van der Waals surface area contributed by atoms with Crippen LogP contribution in [0.2, 0.25) is 0 Å². The van der Waals surface area contributed by atoms with Gasteiger partial charge in [-0.25, -0.2) is 4.98 Å². The van der Waals surface area contributed by atoms with Crippen molar-refractivity contribution in [3.63, 3.8) is 0 Å². The van der Waals surface area contributed by atoms with Gasteiger partial charge in [0, 0.05) is 5.39 Å². The average molecular weight is 291 g/mol. The van der Waals surface area contributed by atoms with Crippen LogP contribution < -0.4 is 11.1 Å². The number of fused-ring (bicyclic) bond motifs is 1. The molecule has 0 aliphatic rings. The predicted molar refractivity (Wildman–Crippen MR) is 92.9 cm³/mol. The van der Waals surface area contributed by atoms with Crippen LogP contribution in [0.3, 0.4) is 0 Å². The summed E-state index contributed by atoms with van der Waals surface area (Å²) in [6.07, 6.45) is 2.07. The molecule has 0 bridgehead atoms. The molecule has 0 unspecified atom stereocenters. The molecule has 3 N–H and O–H groups in total. The van der Waals surface area contributed by atoms with Crippen molar-refractivity contribution in [2.24, 2.45) is 0 Å². The lowest BCUT2D eigenvalue weighted by Crippen LogP contribution is -2.20. The Morgan fingerprint density at radius 2 is 1.55 bits per heavy atom. The Bertz CT molecular complexity index is 738. The second-order valence-electron chi connectivity index (χ2n) is 5.50. The quantitative estimate of drug-likeness (QED) is 0.686. The zero-order valence-electron chi connectivity index (χ0n) is 12.6.